The van der Waals surface area contributed by atoms with Crippen molar-refractivity contribution >= 4 is 52.2 Å². The molecule has 1 aliphatic heterocycles. The SMILES string of the molecule is O=C1C(Cl)=C(Cl)C2(O[C@@H](c3ccccc3)[C@H]2c2ccccc2)C(Cl)=C1Cl. The Bertz CT molecular complexity index is 907. The molecule has 26 heavy (non-hydrogen) atoms. The molecule has 1 heterocycles. The summed E-state index contributed by atoms with van der Waals surface area (Å²) >= 11 is 25.3. The third-order valence-corrected chi connectivity index (χ3v) is 6.63. The topological polar surface area (TPSA) is 26.3 Å². The lowest BCUT2D eigenvalue weighted by atomic mass is 9.68. The summed E-state index contributed by atoms with van der Waals surface area (Å²) in [6, 6.07) is 19.5. The molecule has 0 unspecified atom stereocenters. The second kappa shape index (κ2) is 6.70. The predicted octanol–water partition coefficient (Wildman–Crippen LogP) is 6.24. The largest absolute Gasteiger partial charge is 0.354 e. The lowest BCUT2D eigenvalue weighted by Gasteiger charge is -2.56. The molecule has 1 aliphatic carbocycles. The highest BCUT2D eigenvalue weighted by Crippen LogP contribution is 2.65. The molecule has 0 amide bonds. The van der Waals surface area contributed by atoms with E-state index in [0.29, 0.717) is 0 Å². The van der Waals surface area contributed by atoms with Crippen molar-refractivity contribution in [3.05, 3.63) is 91.9 Å². The zero-order valence-corrected chi connectivity index (χ0v) is 16.3. The molecule has 2 aliphatic rings. The van der Waals surface area contributed by atoms with Crippen LogP contribution in [0.1, 0.15) is 23.1 Å². The average molecular weight is 426 g/mol. The molecule has 4 rings (SSSR count). The number of carbonyl (C=O) groups is 1. The van der Waals surface area contributed by atoms with Gasteiger partial charge in [-0.05, 0) is 11.1 Å². The van der Waals surface area contributed by atoms with E-state index in [1.54, 1.807) is 0 Å². The molecule has 1 saturated heterocycles. The fourth-order valence-electron chi connectivity index (χ4n) is 3.55. The quantitative estimate of drug-likeness (QED) is 0.568. The Morgan fingerprint density at radius 3 is 1.69 bits per heavy atom. The van der Waals surface area contributed by atoms with E-state index in [2.05, 4.69) is 0 Å². The standard InChI is InChI=1S/C20H12Cl4O2/c21-14-16(25)15(22)19(24)20(18(14)23)13(11-7-3-1-4-8-11)17(26-20)12-9-5-2-6-10-12/h1-10,13,17H/t13-,17+/m1/s1. The lowest BCUT2D eigenvalue weighted by Crippen LogP contribution is -2.56. The van der Waals surface area contributed by atoms with E-state index in [-0.39, 0.29) is 32.2 Å². The van der Waals surface area contributed by atoms with Crippen molar-refractivity contribution in [2.45, 2.75) is 17.6 Å². The molecule has 0 aromatic heterocycles. The number of carbonyl (C=O) groups excluding carboxylic acids is 1. The summed E-state index contributed by atoms with van der Waals surface area (Å²) in [5.74, 6) is -0.866. The zero-order valence-electron chi connectivity index (χ0n) is 13.3. The van der Waals surface area contributed by atoms with Crippen LogP contribution in [-0.4, -0.2) is 11.4 Å². The molecular formula is C20H12Cl4O2. The molecule has 1 spiro atoms. The van der Waals surface area contributed by atoms with E-state index >= 15 is 0 Å². The van der Waals surface area contributed by atoms with Crippen LogP contribution in [-0.2, 0) is 9.53 Å². The maximum Gasteiger partial charge on any atom is 0.218 e. The van der Waals surface area contributed by atoms with E-state index in [0.717, 1.165) is 11.1 Å². The fourth-order valence-corrected chi connectivity index (χ4v) is 4.80. The minimum Gasteiger partial charge on any atom is -0.354 e. The summed E-state index contributed by atoms with van der Waals surface area (Å²) in [5.41, 5.74) is 0.685. The van der Waals surface area contributed by atoms with Gasteiger partial charge in [0.2, 0.25) is 5.78 Å². The first-order valence-electron chi connectivity index (χ1n) is 7.92. The number of ketones is 1. The van der Waals surface area contributed by atoms with Crippen molar-refractivity contribution in [3.63, 3.8) is 0 Å². The number of benzene rings is 2. The molecule has 0 saturated carbocycles. The first kappa shape index (κ1) is 18.1. The smallest absolute Gasteiger partial charge is 0.218 e. The van der Waals surface area contributed by atoms with E-state index in [4.69, 9.17) is 51.1 Å². The molecular weight excluding hydrogens is 414 g/mol. The molecule has 132 valence electrons. The van der Waals surface area contributed by atoms with Crippen LogP contribution in [0.3, 0.4) is 0 Å². The lowest BCUT2D eigenvalue weighted by molar-refractivity contribution is -0.183. The first-order valence-corrected chi connectivity index (χ1v) is 9.43. The minimum absolute atomic E-state index is 0.0691. The zero-order chi connectivity index (χ0) is 18.5. The molecule has 0 radical (unpaired) electrons. The van der Waals surface area contributed by atoms with Crippen molar-refractivity contribution in [2.24, 2.45) is 0 Å². The normalized spacial score (nSPS) is 24.8. The Morgan fingerprint density at radius 1 is 0.731 bits per heavy atom. The Hall–Kier alpha value is -1.29. The molecule has 2 atom stereocenters. The van der Waals surface area contributed by atoms with Crippen LogP contribution in [0.25, 0.3) is 0 Å². The summed E-state index contributed by atoms with van der Waals surface area (Å²) in [6.45, 7) is 0. The second-order valence-electron chi connectivity index (χ2n) is 6.16. The van der Waals surface area contributed by atoms with E-state index in [1.165, 1.54) is 0 Å². The van der Waals surface area contributed by atoms with Crippen LogP contribution < -0.4 is 0 Å². The van der Waals surface area contributed by atoms with Gasteiger partial charge in [0.15, 0.2) is 5.60 Å². The molecule has 1 fully saturated rings. The van der Waals surface area contributed by atoms with E-state index < -0.39 is 11.4 Å². The van der Waals surface area contributed by atoms with Crippen LogP contribution in [0, 0.1) is 0 Å². The summed E-state index contributed by atoms with van der Waals surface area (Å²) in [5, 5.41) is -0.179. The van der Waals surface area contributed by atoms with E-state index in [1.807, 2.05) is 60.7 Å². The van der Waals surface area contributed by atoms with Gasteiger partial charge < -0.3 is 4.74 Å². The monoisotopic (exact) mass is 424 g/mol. The van der Waals surface area contributed by atoms with Gasteiger partial charge in [-0.3, -0.25) is 4.79 Å². The number of hydrogen-bond acceptors (Lipinski definition) is 2. The van der Waals surface area contributed by atoms with Crippen molar-refractivity contribution < 1.29 is 9.53 Å². The molecule has 6 heteroatoms. The van der Waals surface area contributed by atoms with Gasteiger partial charge in [-0.15, -0.1) is 0 Å². The van der Waals surface area contributed by atoms with Crippen LogP contribution in [0.15, 0.2) is 80.8 Å². The Labute approximate surface area is 171 Å². The molecule has 2 aromatic rings. The molecule has 2 nitrogen and oxygen atoms in total. The summed E-state index contributed by atoms with van der Waals surface area (Å²) < 4.78 is 6.23. The van der Waals surface area contributed by atoms with Crippen LogP contribution in [0.2, 0.25) is 0 Å². The Kier molecular flexibility index (Phi) is 4.66. The number of rotatable bonds is 2. The molecule has 0 N–H and O–H groups in total. The maximum absolute atomic E-state index is 12.2. The van der Waals surface area contributed by atoms with Gasteiger partial charge in [0.25, 0.3) is 0 Å². The second-order valence-corrected chi connectivity index (χ2v) is 7.67. The number of allylic oxidation sites excluding steroid dienone is 2. The van der Waals surface area contributed by atoms with Crippen LogP contribution in [0.5, 0.6) is 0 Å². The highest BCUT2D eigenvalue weighted by Gasteiger charge is 2.64. The highest BCUT2D eigenvalue weighted by atomic mass is 35.5. The highest BCUT2D eigenvalue weighted by molar-refractivity contribution is 6.61. The fraction of sp³-hybridized carbons (Fsp3) is 0.150. The van der Waals surface area contributed by atoms with Crippen LogP contribution >= 0.6 is 46.4 Å². The van der Waals surface area contributed by atoms with Crippen molar-refractivity contribution in [3.8, 4) is 0 Å². The third-order valence-electron chi connectivity index (χ3n) is 4.78. The van der Waals surface area contributed by atoms with Gasteiger partial charge in [0.05, 0.1) is 22.1 Å². The van der Waals surface area contributed by atoms with Crippen molar-refractivity contribution in [1.29, 1.82) is 0 Å². The molecule has 0 bridgehead atoms. The van der Waals surface area contributed by atoms with Crippen molar-refractivity contribution in [2.75, 3.05) is 0 Å². The number of halogens is 4. The van der Waals surface area contributed by atoms with Gasteiger partial charge in [-0.2, -0.15) is 0 Å². The first-order chi connectivity index (χ1) is 12.5. The Balaban J connectivity index is 1.91. The van der Waals surface area contributed by atoms with Gasteiger partial charge >= 0.3 is 0 Å². The van der Waals surface area contributed by atoms with Gasteiger partial charge in [-0.25, -0.2) is 0 Å². The summed E-state index contributed by atoms with van der Waals surface area (Å²) in [6.07, 6.45) is -0.303. The Morgan fingerprint density at radius 2 is 1.19 bits per heavy atom. The average Bonchev–Trinajstić information content (AvgIpc) is 2.66. The number of ether oxygens (including phenoxy) is 1. The van der Waals surface area contributed by atoms with Crippen molar-refractivity contribution in [1.82, 2.24) is 0 Å². The van der Waals surface area contributed by atoms with Gasteiger partial charge in [0, 0.05) is 0 Å². The predicted molar refractivity (Wildman–Crippen MR) is 105 cm³/mol. The summed E-state index contributed by atoms with van der Waals surface area (Å²) in [4.78, 5) is 12.2. The number of Topliss-reactive ketones (excluding diaryl/α,β-unsaturated/α-hetero) is 1. The minimum atomic E-state index is -1.26. The maximum atomic E-state index is 12.2. The molecule has 2 aromatic carbocycles. The third kappa shape index (κ3) is 2.48. The van der Waals surface area contributed by atoms with E-state index in [9.17, 15) is 4.79 Å². The number of hydrogen-bond donors (Lipinski definition) is 0. The van der Waals surface area contributed by atoms with Gasteiger partial charge in [-0.1, -0.05) is 107 Å². The van der Waals surface area contributed by atoms with Gasteiger partial charge in [0.1, 0.15) is 10.1 Å². The van der Waals surface area contributed by atoms with Crippen LogP contribution in [0.4, 0.5) is 0 Å². The summed E-state index contributed by atoms with van der Waals surface area (Å²) in [7, 11) is 0.